The van der Waals surface area contributed by atoms with Crippen molar-refractivity contribution in [2.45, 2.75) is 19.6 Å². The van der Waals surface area contributed by atoms with E-state index in [1.165, 1.54) is 17.3 Å². The van der Waals surface area contributed by atoms with E-state index in [4.69, 9.17) is 0 Å². The van der Waals surface area contributed by atoms with Crippen molar-refractivity contribution in [1.29, 1.82) is 0 Å². The standard InChI is InChI=1S/C13H15N3OS2/c1-9-3-5-11(6-4-9)14-13(17)8-18-7-12-10(2)15-19-16-12/h3-6H,7-8H2,1-2H3,(H,14,17). The van der Waals surface area contributed by atoms with Crippen LogP contribution in [0.3, 0.4) is 0 Å². The SMILES string of the molecule is Cc1ccc(NC(=O)CSCc2nsnc2C)cc1. The zero-order chi connectivity index (χ0) is 13.7. The van der Waals surface area contributed by atoms with Gasteiger partial charge in [0.1, 0.15) is 0 Å². The molecule has 2 aromatic rings. The van der Waals surface area contributed by atoms with Gasteiger partial charge in [0.15, 0.2) is 0 Å². The number of aryl methyl sites for hydroxylation is 2. The van der Waals surface area contributed by atoms with Crippen molar-refractivity contribution in [3.8, 4) is 0 Å². The minimum atomic E-state index is 0.00898. The van der Waals surface area contributed by atoms with Crippen LogP contribution in [-0.4, -0.2) is 20.4 Å². The third-order valence-electron chi connectivity index (χ3n) is 2.55. The lowest BCUT2D eigenvalue weighted by atomic mass is 10.2. The molecule has 0 saturated heterocycles. The third-order valence-corrected chi connectivity index (χ3v) is 4.16. The summed E-state index contributed by atoms with van der Waals surface area (Å²) in [5.74, 6) is 1.16. The largest absolute Gasteiger partial charge is 0.325 e. The second-order valence-electron chi connectivity index (χ2n) is 4.20. The van der Waals surface area contributed by atoms with Crippen LogP contribution in [0, 0.1) is 13.8 Å². The molecule has 2 rings (SSSR count). The van der Waals surface area contributed by atoms with Crippen molar-refractivity contribution in [2.24, 2.45) is 0 Å². The summed E-state index contributed by atoms with van der Waals surface area (Å²) in [6.45, 7) is 3.96. The van der Waals surface area contributed by atoms with Crippen molar-refractivity contribution in [3.63, 3.8) is 0 Å². The molecule has 1 aromatic heterocycles. The van der Waals surface area contributed by atoms with Crippen molar-refractivity contribution in [2.75, 3.05) is 11.1 Å². The summed E-state index contributed by atoms with van der Waals surface area (Å²) in [4.78, 5) is 11.7. The first kappa shape index (κ1) is 14.0. The van der Waals surface area contributed by atoms with E-state index in [-0.39, 0.29) is 5.91 Å². The number of nitrogens with zero attached hydrogens (tertiary/aromatic N) is 2. The molecule has 4 nitrogen and oxygen atoms in total. The summed E-state index contributed by atoms with van der Waals surface area (Å²) < 4.78 is 8.29. The second kappa shape index (κ2) is 6.68. The molecule has 0 fully saturated rings. The molecule has 0 unspecified atom stereocenters. The summed E-state index contributed by atoms with van der Waals surface area (Å²) >= 11 is 2.76. The summed E-state index contributed by atoms with van der Waals surface area (Å²) in [6, 6.07) is 7.78. The van der Waals surface area contributed by atoms with Gasteiger partial charge >= 0.3 is 0 Å². The molecule has 0 aliphatic carbocycles. The van der Waals surface area contributed by atoms with E-state index in [2.05, 4.69) is 14.1 Å². The number of nitrogens with one attached hydrogen (secondary N) is 1. The highest BCUT2D eigenvalue weighted by Crippen LogP contribution is 2.15. The predicted molar refractivity (Wildman–Crippen MR) is 80.6 cm³/mol. The zero-order valence-electron chi connectivity index (χ0n) is 10.8. The highest BCUT2D eigenvalue weighted by molar-refractivity contribution is 7.99. The van der Waals surface area contributed by atoms with Crippen molar-refractivity contribution in [3.05, 3.63) is 41.2 Å². The summed E-state index contributed by atoms with van der Waals surface area (Å²) in [6.07, 6.45) is 0. The van der Waals surface area contributed by atoms with Gasteiger partial charge in [-0.05, 0) is 26.0 Å². The van der Waals surface area contributed by atoms with Gasteiger partial charge in [-0.1, -0.05) is 17.7 Å². The average Bonchev–Trinajstić information content (AvgIpc) is 2.78. The van der Waals surface area contributed by atoms with Gasteiger partial charge in [0.25, 0.3) is 0 Å². The molecular weight excluding hydrogens is 278 g/mol. The first-order valence-corrected chi connectivity index (χ1v) is 7.76. The van der Waals surface area contributed by atoms with Gasteiger partial charge in [-0.15, -0.1) is 11.8 Å². The summed E-state index contributed by atoms with van der Waals surface area (Å²) in [5.41, 5.74) is 3.94. The van der Waals surface area contributed by atoms with Crippen molar-refractivity contribution < 1.29 is 4.79 Å². The smallest absolute Gasteiger partial charge is 0.234 e. The Labute approximate surface area is 121 Å². The minimum Gasteiger partial charge on any atom is -0.325 e. The first-order chi connectivity index (χ1) is 9.15. The molecule has 1 heterocycles. The van der Waals surface area contributed by atoms with E-state index in [0.717, 1.165) is 22.8 Å². The van der Waals surface area contributed by atoms with Crippen LogP contribution in [-0.2, 0) is 10.5 Å². The number of thioether (sulfide) groups is 1. The van der Waals surface area contributed by atoms with Crippen LogP contribution < -0.4 is 5.32 Å². The lowest BCUT2D eigenvalue weighted by molar-refractivity contribution is -0.113. The Balaban J connectivity index is 1.76. The van der Waals surface area contributed by atoms with Gasteiger partial charge in [-0.25, -0.2) is 0 Å². The minimum absolute atomic E-state index is 0.00898. The molecule has 0 radical (unpaired) electrons. The fraction of sp³-hybridized carbons (Fsp3) is 0.308. The van der Waals surface area contributed by atoms with Crippen LogP contribution in [0.1, 0.15) is 17.0 Å². The number of amides is 1. The van der Waals surface area contributed by atoms with E-state index >= 15 is 0 Å². The van der Waals surface area contributed by atoms with Gasteiger partial charge in [-0.3, -0.25) is 4.79 Å². The van der Waals surface area contributed by atoms with Crippen LogP contribution in [0.4, 0.5) is 5.69 Å². The number of carbonyl (C=O) groups excluding carboxylic acids is 1. The normalized spacial score (nSPS) is 10.4. The van der Waals surface area contributed by atoms with Gasteiger partial charge in [-0.2, -0.15) is 8.75 Å². The number of hydrogen-bond acceptors (Lipinski definition) is 5. The van der Waals surface area contributed by atoms with Crippen LogP contribution in [0.15, 0.2) is 24.3 Å². The Kier molecular flexibility index (Phi) is 4.93. The second-order valence-corrected chi connectivity index (χ2v) is 5.72. The molecule has 6 heteroatoms. The van der Waals surface area contributed by atoms with Gasteiger partial charge < -0.3 is 5.32 Å². The highest BCUT2D eigenvalue weighted by Gasteiger charge is 2.06. The van der Waals surface area contributed by atoms with Gasteiger partial charge in [0.2, 0.25) is 5.91 Å². The maximum Gasteiger partial charge on any atom is 0.234 e. The average molecular weight is 293 g/mol. The number of anilines is 1. The molecule has 1 aromatic carbocycles. The molecule has 0 bridgehead atoms. The van der Waals surface area contributed by atoms with E-state index in [0.29, 0.717) is 5.75 Å². The van der Waals surface area contributed by atoms with Crippen molar-refractivity contribution in [1.82, 2.24) is 8.75 Å². The lowest BCUT2D eigenvalue weighted by Gasteiger charge is -2.05. The number of aromatic nitrogens is 2. The molecule has 1 N–H and O–H groups in total. The summed E-state index contributed by atoms with van der Waals surface area (Å²) in [5, 5.41) is 2.87. The van der Waals surface area contributed by atoms with Crippen LogP contribution >= 0.6 is 23.5 Å². The molecule has 0 spiro atoms. The zero-order valence-corrected chi connectivity index (χ0v) is 12.5. The molecule has 0 saturated carbocycles. The van der Waals surface area contributed by atoms with E-state index in [1.54, 1.807) is 11.8 Å². The maximum absolute atomic E-state index is 11.7. The Morgan fingerprint density at radius 1 is 1.26 bits per heavy atom. The number of hydrogen-bond donors (Lipinski definition) is 1. The number of carbonyl (C=O) groups is 1. The van der Waals surface area contributed by atoms with Crippen LogP contribution in [0.2, 0.25) is 0 Å². The highest BCUT2D eigenvalue weighted by atomic mass is 32.2. The number of benzene rings is 1. The molecule has 0 atom stereocenters. The Morgan fingerprint density at radius 2 is 2.00 bits per heavy atom. The monoisotopic (exact) mass is 293 g/mol. The summed E-state index contributed by atoms with van der Waals surface area (Å²) in [7, 11) is 0. The fourth-order valence-electron chi connectivity index (χ4n) is 1.45. The van der Waals surface area contributed by atoms with Gasteiger partial charge in [0, 0.05) is 11.4 Å². The van der Waals surface area contributed by atoms with E-state index < -0.39 is 0 Å². The van der Waals surface area contributed by atoms with Gasteiger partial charge in [0.05, 0.1) is 28.9 Å². The van der Waals surface area contributed by atoms with Crippen molar-refractivity contribution >= 4 is 35.1 Å². The van der Waals surface area contributed by atoms with E-state index in [1.807, 2.05) is 38.1 Å². The Morgan fingerprint density at radius 3 is 2.63 bits per heavy atom. The Hall–Kier alpha value is -1.40. The molecule has 100 valence electrons. The molecule has 1 amide bonds. The topological polar surface area (TPSA) is 54.9 Å². The molecule has 19 heavy (non-hydrogen) atoms. The molecule has 0 aliphatic heterocycles. The lowest BCUT2D eigenvalue weighted by Crippen LogP contribution is -2.14. The first-order valence-electron chi connectivity index (χ1n) is 5.87. The predicted octanol–water partition coefficient (Wildman–Crippen LogP) is 3.03. The number of rotatable bonds is 5. The third kappa shape index (κ3) is 4.33. The molecular formula is C13H15N3OS2. The van der Waals surface area contributed by atoms with E-state index in [9.17, 15) is 4.79 Å². The Bertz CT molecular complexity index is 551. The molecule has 0 aliphatic rings. The quantitative estimate of drug-likeness (QED) is 0.920. The van der Waals surface area contributed by atoms with Crippen LogP contribution in [0.5, 0.6) is 0 Å². The van der Waals surface area contributed by atoms with Crippen LogP contribution in [0.25, 0.3) is 0 Å². The maximum atomic E-state index is 11.7. The fourth-order valence-corrected chi connectivity index (χ4v) is 2.93.